The Bertz CT molecular complexity index is 128. The molecule has 0 aromatic heterocycles. The summed E-state index contributed by atoms with van der Waals surface area (Å²) in [6.07, 6.45) is 4.75. The van der Waals surface area contributed by atoms with Gasteiger partial charge in [0, 0.05) is 6.04 Å². The zero-order valence-corrected chi connectivity index (χ0v) is 4.68. The molecule has 8 heavy (non-hydrogen) atoms. The van der Waals surface area contributed by atoms with Gasteiger partial charge in [-0.25, -0.2) is 0 Å². The van der Waals surface area contributed by atoms with Crippen molar-refractivity contribution >= 4 is 6.41 Å². The van der Waals surface area contributed by atoms with Crippen molar-refractivity contribution in [1.82, 2.24) is 5.32 Å². The van der Waals surface area contributed by atoms with E-state index < -0.39 is 0 Å². The van der Waals surface area contributed by atoms with Crippen molar-refractivity contribution < 1.29 is 4.79 Å². The average Bonchev–Trinajstić information content (AvgIpc) is 2.57. The van der Waals surface area contributed by atoms with Gasteiger partial charge >= 0.3 is 0 Å². The number of amides is 1. The zero-order chi connectivity index (χ0) is 5.61. The Hall–Kier alpha value is -0.530. The largest absolute Gasteiger partial charge is 0.355 e. The summed E-state index contributed by atoms with van der Waals surface area (Å²) in [7, 11) is 0. The maximum Gasteiger partial charge on any atom is 0.207 e. The molecule has 0 heterocycles. The van der Waals surface area contributed by atoms with Gasteiger partial charge in [-0.2, -0.15) is 0 Å². The molecule has 2 rings (SSSR count). The van der Waals surface area contributed by atoms with Gasteiger partial charge in [-0.05, 0) is 24.7 Å². The number of hydrogen-bond acceptors (Lipinski definition) is 1. The van der Waals surface area contributed by atoms with Crippen LogP contribution in [0.25, 0.3) is 0 Å². The third kappa shape index (κ3) is 0.403. The third-order valence-electron chi connectivity index (χ3n) is 2.35. The Morgan fingerprint density at radius 3 is 2.75 bits per heavy atom. The second kappa shape index (κ2) is 1.07. The summed E-state index contributed by atoms with van der Waals surface area (Å²) < 4.78 is 0. The van der Waals surface area contributed by atoms with Gasteiger partial charge in [0.05, 0.1) is 0 Å². The van der Waals surface area contributed by atoms with Crippen LogP contribution in [0.15, 0.2) is 0 Å². The minimum absolute atomic E-state index is 0.556. The quantitative estimate of drug-likeness (QED) is 0.510. The Balaban J connectivity index is 1.88. The molecule has 0 unspecified atom stereocenters. The number of nitrogens with one attached hydrogen (secondary N) is 1. The molecule has 0 saturated heterocycles. The molecule has 1 spiro atoms. The predicted octanol–water partition coefficient (Wildman–Crippen LogP) is 0.285. The third-order valence-corrected chi connectivity index (χ3v) is 2.35. The minimum Gasteiger partial charge on any atom is -0.355 e. The van der Waals surface area contributed by atoms with E-state index in [1.807, 2.05) is 0 Å². The summed E-state index contributed by atoms with van der Waals surface area (Å²) in [6.45, 7) is 0. The fraction of sp³-hybridized carbons (Fsp3) is 0.833. The van der Waals surface area contributed by atoms with Crippen LogP contribution in [-0.2, 0) is 4.79 Å². The van der Waals surface area contributed by atoms with Crippen LogP contribution in [0.4, 0.5) is 0 Å². The summed E-state index contributed by atoms with van der Waals surface area (Å²) in [6, 6.07) is 0.556. The van der Waals surface area contributed by atoms with E-state index in [1.165, 1.54) is 19.3 Å². The molecule has 1 N–H and O–H groups in total. The van der Waals surface area contributed by atoms with Crippen molar-refractivity contribution in [2.24, 2.45) is 5.41 Å². The normalized spacial score (nSPS) is 36.8. The highest BCUT2D eigenvalue weighted by Crippen LogP contribution is 2.65. The number of carbonyl (C=O) groups excluding carboxylic acids is 1. The second-order valence-corrected chi connectivity index (χ2v) is 2.90. The first-order chi connectivity index (χ1) is 3.87. The van der Waals surface area contributed by atoms with Crippen molar-refractivity contribution in [3.63, 3.8) is 0 Å². The Morgan fingerprint density at radius 1 is 1.62 bits per heavy atom. The van der Waals surface area contributed by atoms with Crippen LogP contribution in [0, 0.1) is 5.41 Å². The summed E-state index contributed by atoms with van der Waals surface area (Å²) in [4.78, 5) is 9.86. The number of carbonyl (C=O) groups is 1. The van der Waals surface area contributed by atoms with E-state index in [-0.39, 0.29) is 0 Å². The van der Waals surface area contributed by atoms with E-state index in [1.54, 1.807) is 0 Å². The molecule has 1 atom stereocenters. The molecule has 2 aliphatic rings. The molecule has 2 heteroatoms. The number of rotatable bonds is 2. The molecular formula is C6H9NO. The van der Waals surface area contributed by atoms with Gasteiger partial charge in [-0.1, -0.05) is 0 Å². The summed E-state index contributed by atoms with van der Waals surface area (Å²) in [5.41, 5.74) is 0.626. The van der Waals surface area contributed by atoms with E-state index in [0.29, 0.717) is 11.5 Å². The molecule has 2 nitrogen and oxygen atoms in total. The van der Waals surface area contributed by atoms with Gasteiger partial charge in [0.15, 0.2) is 0 Å². The van der Waals surface area contributed by atoms with E-state index in [9.17, 15) is 4.79 Å². The summed E-state index contributed by atoms with van der Waals surface area (Å²) >= 11 is 0. The van der Waals surface area contributed by atoms with Crippen LogP contribution >= 0.6 is 0 Å². The van der Waals surface area contributed by atoms with Gasteiger partial charge < -0.3 is 5.32 Å². The highest BCUT2D eigenvalue weighted by atomic mass is 16.1. The Labute approximate surface area is 48.3 Å². The van der Waals surface area contributed by atoms with E-state index in [2.05, 4.69) is 5.32 Å². The van der Waals surface area contributed by atoms with Crippen molar-refractivity contribution in [3.05, 3.63) is 0 Å². The van der Waals surface area contributed by atoms with Gasteiger partial charge in [0.25, 0.3) is 0 Å². The fourth-order valence-electron chi connectivity index (χ4n) is 1.38. The topological polar surface area (TPSA) is 29.1 Å². The van der Waals surface area contributed by atoms with Crippen LogP contribution in [0.3, 0.4) is 0 Å². The summed E-state index contributed by atoms with van der Waals surface area (Å²) in [5.74, 6) is 0. The second-order valence-electron chi connectivity index (χ2n) is 2.90. The summed E-state index contributed by atoms with van der Waals surface area (Å²) in [5, 5.41) is 2.79. The molecule has 0 aromatic rings. The lowest BCUT2D eigenvalue weighted by atomic mass is 10.4. The molecule has 1 amide bonds. The Morgan fingerprint density at radius 2 is 2.38 bits per heavy atom. The fourth-order valence-corrected chi connectivity index (χ4v) is 1.38. The molecule has 2 saturated carbocycles. The van der Waals surface area contributed by atoms with Crippen molar-refractivity contribution in [3.8, 4) is 0 Å². The van der Waals surface area contributed by atoms with Crippen LogP contribution < -0.4 is 5.32 Å². The zero-order valence-electron chi connectivity index (χ0n) is 4.68. The van der Waals surface area contributed by atoms with Crippen molar-refractivity contribution in [1.29, 1.82) is 0 Å². The minimum atomic E-state index is 0.556. The maximum atomic E-state index is 9.86. The monoisotopic (exact) mass is 111 g/mol. The molecule has 2 aliphatic carbocycles. The van der Waals surface area contributed by atoms with Crippen LogP contribution in [-0.4, -0.2) is 12.5 Å². The van der Waals surface area contributed by atoms with Gasteiger partial charge in [-0.15, -0.1) is 0 Å². The first-order valence-electron chi connectivity index (χ1n) is 3.07. The van der Waals surface area contributed by atoms with Crippen LogP contribution in [0.5, 0.6) is 0 Å². The molecule has 0 radical (unpaired) electrons. The molecule has 0 aromatic carbocycles. The molecular weight excluding hydrogens is 102 g/mol. The van der Waals surface area contributed by atoms with Gasteiger partial charge in [0.2, 0.25) is 6.41 Å². The molecule has 0 aliphatic heterocycles. The van der Waals surface area contributed by atoms with Crippen LogP contribution in [0.1, 0.15) is 19.3 Å². The first-order valence-corrected chi connectivity index (χ1v) is 3.07. The number of hydrogen-bond donors (Lipinski definition) is 1. The average molecular weight is 111 g/mol. The van der Waals surface area contributed by atoms with Crippen LogP contribution in [0.2, 0.25) is 0 Å². The maximum absolute atomic E-state index is 9.86. The van der Waals surface area contributed by atoms with E-state index in [4.69, 9.17) is 0 Å². The van der Waals surface area contributed by atoms with Crippen molar-refractivity contribution in [2.45, 2.75) is 25.3 Å². The van der Waals surface area contributed by atoms with Gasteiger partial charge in [0.1, 0.15) is 0 Å². The molecule has 44 valence electrons. The molecule has 0 bridgehead atoms. The van der Waals surface area contributed by atoms with E-state index in [0.717, 1.165) is 6.41 Å². The lowest BCUT2D eigenvalue weighted by Gasteiger charge is -1.88. The standard InChI is InChI=1S/C6H9NO/c8-4-7-5-3-6(5)1-2-6/h4-5H,1-3H2,(H,7,8)/t5-/m1/s1. The smallest absolute Gasteiger partial charge is 0.207 e. The van der Waals surface area contributed by atoms with Gasteiger partial charge in [-0.3, -0.25) is 4.79 Å². The SMILES string of the molecule is O=CN[C@@H]1CC12CC2. The lowest BCUT2D eigenvalue weighted by molar-refractivity contribution is -0.109. The first kappa shape index (κ1) is 4.36. The lowest BCUT2D eigenvalue weighted by Crippen LogP contribution is -2.15. The predicted molar refractivity (Wildman–Crippen MR) is 29.3 cm³/mol. The van der Waals surface area contributed by atoms with E-state index >= 15 is 0 Å². The van der Waals surface area contributed by atoms with Crippen molar-refractivity contribution in [2.75, 3.05) is 0 Å². The highest BCUT2D eigenvalue weighted by molar-refractivity contribution is 5.49. The highest BCUT2D eigenvalue weighted by Gasteiger charge is 2.62. The Kier molecular flexibility index (Phi) is 0.581. The molecule has 2 fully saturated rings.